The highest BCUT2D eigenvalue weighted by Gasteiger charge is 2.29. The van der Waals surface area contributed by atoms with Gasteiger partial charge in [-0.1, -0.05) is 12.1 Å². The van der Waals surface area contributed by atoms with Crippen LogP contribution in [0.1, 0.15) is 34.6 Å². The first kappa shape index (κ1) is 17.1. The summed E-state index contributed by atoms with van der Waals surface area (Å²) in [6.45, 7) is 5.18. The van der Waals surface area contributed by atoms with Gasteiger partial charge in [0.05, 0.1) is 13.7 Å². The van der Waals surface area contributed by atoms with Crippen LogP contribution in [0.2, 0.25) is 0 Å². The number of benzene rings is 1. The Morgan fingerprint density at radius 2 is 2.00 bits per heavy atom. The lowest BCUT2D eigenvalue weighted by Gasteiger charge is -2.21. The zero-order valence-electron chi connectivity index (χ0n) is 14.7. The van der Waals surface area contributed by atoms with E-state index in [4.69, 9.17) is 13.6 Å². The van der Waals surface area contributed by atoms with E-state index in [1.165, 1.54) is 0 Å². The number of fused-ring (bicyclic) bond motifs is 1. The van der Waals surface area contributed by atoms with Crippen molar-refractivity contribution in [2.75, 3.05) is 13.7 Å². The van der Waals surface area contributed by atoms with Gasteiger partial charge in [-0.15, -0.1) is 0 Å². The molecule has 0 aliphatic heterocycles. The number of aliphatic hydroxyl groups is 1. The van der Waals surface area contributed by atoms with Gasteiger partial charge in [-0.2, -0.15) is 0 Å². The SMILES string of the molecule is COc1cccc2c(C)c(C(=O)NCC(C)(O)c3ccc(C)o3)oc12. The van der Waals surface area contributed by atoms with Crippen LogP contribution in [-0.2, 0) is 5.60 Å². The summed E-state index contributed by atoms with van der Waals surface area (Å²) in [6.07, 6.45) is 0. The van der Waals surface area contributed by atoms with Crippen LogP contribution in [0, 0.1) is 13.8 Å². The first-order valence-electron chi connectivity index (χ1n) is 7.97. The Morgan fingerprint density at radius 1 is 1.24 bits per heavy atom. The maximum atomic E-state index is 12.5. The van der Waals surface area contributed by atoms with Crippen molar-refractivity contribution in [1.29, 1.82) is 0 Å². The Bertz CT molecular complexity index is 919. The number of hydrogen-bond acceptors (Lipinski definition) is 5. The molecular weight excluding hydrogens is 322 g/mol. The molecular formula is C19H21NO5. The van der Waals surface area contributed by atoms with Gasteiger partial charge >= 0.3 is 0 Å². The largest absolute Gasteiger partial charge is 0.493 e. The van der Waals surface area contributed by atoms with Gasteiger partial charge in [0.15, 0.2) is 17.1 Å². The average molecular weight is 343 g/mol. The summed E-state index contributed by atoms with van der Waals surface area (Å²) in [5.74, 6) is 1.46. The van der Waals surface area contributed by atoms with Crippen molar-refractivity contribution in [3.05, 3.63) is 53.2 Å². The summed E-state index contributed by atoms with van der Waals surface area (Å²) >= 11 is 0. The lowest BCUT2D eigenvalue weighted by atomic mass is 10.0. The number of carbonyl (C=O) groups excluding carboxylic acids is 1. The average Bonchev–Trinajstić information content (AvgIpc) is 3.17. The topological polar surface area (TPSA) is 84.8 Å². The second-order valence-electron chi connectivity index (χ2n) is 6.26. The number of nitrogens with one attached hydrogen (secondary N) is 1. The number of ether oxygens (including phenoxy) is 1. The van der Waals surface area contributed by atoms with Gasteiger partial charge in [0.25, 0.3) is 5.91 Å². The minimum atomic E-state index is -1.32. The smallest absolute Gasteiger partial charge is 0.287 e. The van der Waals surface area contributed by atoms with Gasteiger partial charge < -0.3 is 24.0 Å². The molecule has 132 valence electrons. The maximum Gasteiger partial charge on any atom is 0.287 e. The summed E-state index contributed by atoms with van der Waals surface area (Å²) in [7, 11) is 1.55. The zero-order chi connectivity index (χ0) is 18.2. The van der Waals surface area contributed by atoms with E-state index in [-0.39, 0.29) is 12.3 Å². The molecule has 1 amide bonds. The van der Waals surface area contributed by atoms with Gasteiger partial charge in [-0.25, -0.2) is 0 Å². The lowest BCUT2D eigenvalue weighted by Crippen LogP contribution is -2.38. The van der Waals surface area contributed by atoms with Crippen molar-refractivity contribution < 1.29 is 23.5 Å². The molecule has 0 aliphatic carbocycles. The molecule has 0 saturated heterocycles. The third-order valence-electron chi connectivity index (χ3n) is 4.22. The van der Waals surface area contributed by atoms with E-state index < -0.39 is 11.5 Å². The van der Waals surface area contributed by atoms with Crippen LogP contribution in [0.3, 0.4) is 0 Å². The van der Waals surface area contributed by atoms with Crippen molar-refractivity contribution >= 4 is 16.9 Å². The van der Waals surface area contributed by atoms with E-state index >= 15 is 0 Å². The van der Waals surface area contributed by atoms with Crippen molar-refractivity contribution in [2.45, 2.75) is 26.4 Å². The quantitative estimate of drug-likeness (QED) is 0.742. The summed E-state index contributed by atoms with van der Waals surface area (Å²) in [6, 6.07) is 8.95. The van der Waals surface area contributed by atoms with Crippen LogP contribution >= 0.6 is 0 Å². The lowest BCUT2D eigenvalue weighted by molar-refractivity contribution is 0.0319. The molecule has 1 unspecified atom stereocenters. The number of aryl methyl sites for hydroxylation is 2. The summed E-state index contributed by atoms with van der Waals surface area (Å²) in [4.78, 5) is 12.5. The number of furan rings is 2. The Balaban J connectivity index is 1.82. The molecule has 2 heterocycles. The molecule has 2 N–H and O–H groups in total. The molecule has 1 aromatic carbocycles. The van der Waals surface area contributed by atoms with Gasteiger partial charge in [0.1, 0.15) is 17.1 Å². The molecule has 0 aliphatic rings. The van der Waals surface area contributed by atoms with E-state index in [1.54, 1.807) is 39.2 Å². The van der Waals surface area contributed by atoms with Gasteiger partial charge in [0.2, 0.25) is 0 Å². The number of para-hydroxylation sites is 1. The van der Waals surface area contributed by atoms with E-state index in [2.05, 4.69) is 5.32 Å². The maximum absolute atomic E-state index is 12.5. The van der Waals surface area contributed by atoms with Crippen LogP contribution in [0.25, 0.3) is 11.0 Å². The fraction of sp³-hybridized carbons (Fsp3) is 0.316. The molecule has 0 spiro atoms. The van der Waals surface area contributed by atoms with E-state index in [9.17, 15) is 9.90 Å². The normalized spacial score (nSPS) is 13.6. The molecule has 0 saturated carbocycles. The van der Waals surface area contributed by atoms with Crippen molar-refractivity contribution in [1.82, 2.24) is 5.32 Å². The van der Waals surface area contributed by atoms with Crippen LogP contribution in [0.5, 0.6) is 5.75 Å². The number of carbonyl (C=O) groups is 1. The van der Waals surface area contributed by atoms with E-state index in [0.29, 0.717) is 22.9 Å². The van der Waals surface area contributed by atoms with Crippen LogP contribution in [-0.4, -0.2) is 24.7 Å². The second kappa shape index (κ2) is 6.29. The third kappa shape index (κ3) is 3.13. The summed E-state index contributed by atoms with van der Waals surface area (Å²) in [5, 5.41) is 14.0. The number of hydrogen-bond donors (Lipinski definition) is 2. The highest BCUT2D eigenvalue weighted by Crippen LogP contribution is 2.32. The highest BCUT2D eigenvalue weighted by atomic mass is 16.5. The Kier molecular flexibility index (Phi) is 4.30. The van der Waals surface area contributed by atoms with Crippen LogP contribution in [0.15, 0.2) is 39.2 Å². The molecule has 6 nitrogen and oxygen atoms in total. The molecule has 0 bridgehead atoms. The van der Waals surface area contributed by atoms with Crippen molar-refractivity contribution in [3.63, 3.8) is 0 Å². The Hall–Kier alpha value is -2.73. The monoisotopic (exact) mass is 343 g/mol. The minimum absolute atomic E-state index is 0.00753. The van der Waals surface area contributed by atoms with E-state index in [0.717, 1.165) is 10.9 Å². The molecule has 1 atom stereocenters. The third-order valence-corrected chi connectivity index (χ3v) is 4.22. The molecule has 25 heavy (non-hydrogen) atoms. The predicted octanol–water partition coefficient (Wildman–Crippen LogP) is 3.29. The second-order valence-corrected chi connectivity index (χ2v) is 6.26. The highest BCUT2D eigenvalue weighted by molar-refractivity contribution is 6.00. The number of rotatable bonds is 5. The molecule has 0 fully saturated rings. The first-order chi connectivity index (χ1) is 11.8. The Labute approximate surface area is 145 Å². The molecule has 3 rings (SSSR count). The summed E-state index contributed by atoms with van der Waals surface area (Å²) in [5.41, 5.74) is -0.0670. The minimum Gasteiger partial charge on any atom is -0.493 e. The molecule has 0 radical (unpaired) electrons. The summed E-state index contributed by atoms with van der Waals surface area (Å²) < 4.78 is 16.4. The van der Waals surface area contributed by atoms with E-state index in [1.807, 2.05) is 19.1 Å². The van der Waals surface area contributed by atoms with Crippen molar-refractivity contribution in [3.8, 4) is 5.75 Å². The number of amides is 1. The van der Waals surface area contributed by atoms with Crippen LogP contribution in [0.4, 0.5) is 0 Å². The van der Waals surface area contributed by atoms with Gasteiger partial charge in [-0.05, 0) is 39.0 Å². The predicted molar refractivity (Wildman–Crippen MR) is 92.9 cm³/mol. The molecule has 2 aromatic heterocycles. The fourth-order valence-corrected chi connectivity index (χ4v) is 2.74. The van der Waals surface area contributed by atoms with Gasteiger partial charge in [0, 0.05) is 10.9 Å². The number of methoxy groups -OCH3 is 1. The van der Waals surface area contributed by atoms with Gasteiger partial charge in [-0.3, -0.25) is 4.79 Å². The van der Waals surface area contributed by atoms with Crippen LogP contribution < -0.4 is 10.1 Å². The fourth-order valence-electron chi connectivity index (χ4n) is 2.74. The standard InChI is InChI=1S/C19H21NO5/c1-11-8-9-15(24-11)19(3,22)10-20-18(21)16-12(2)13-6-5-7-14(23-4)17(13)25-16/h5-9,22H,10H2,1-4H3,(H,20,21). The molecule has 6 heteroatoms. The zero-order valence-corrected chi connectivity index (χ0v) is 14.7. The first-order valence-corrected chi connectivity index (χ1v) is 7.97. The molecule has 3 aromatic rings. The Morgan fingerprint density at radius 3 is 2.64 bits per heavy atom. The van der Waals surface area contributed by atoms with Crippen molar-refractivity contribution in [2.24, 2.45) is 0 Å².